The molecule has 0 aliphatic heterocycles. The highest BCUT2D eigenvalue weighted by atomic mass is 32.1. The van der Waals surface area contributed by atoms with Crippen LogP contribution in [0.1, 0.15) is 17.5 Å². The van der Waals surface area contributed by atoms with E-state index in [1.54, 1.807) is 12.1 Å². The van der Waals surface area contributed by atoms with Crippen molar-refractivity contribution >= 4 is 28.5 Å². The third kappa shape index (κ3) is 4.10. The van der Waals surface area contributed by atoms with E-state index in [4.69, 9.17) is 14.2 Å². The second-order valence-electron chi connectivity index (χ2n) is 4.90. The number of benzene rings is 1. The van der Waals surface area contributed by atoms with Crippen LogP contribution in [0.4, 0.5) is 5.13 Å². The Morgan fingerprint density at radius 1 is 1.23 bits per heavy atom. The van der Waals surface area contributed by atoms with Crippen LogP contribution in [0.15, 0.2) is 17.7 Å². The number of anilines is 1. The molecule has 136 valence electrons. The fourth-order valence-corrected chi connectivity index (χ4v) is 2.83. The molecule has 1 heterocycles. The van der Waals surface area contributed by atoms with Crippen molar-refractivity contribution in [3.05, 3.63) is 28.3 Å². The van der Waals surface area contributed by atoms with Crippen LogP contribution >= 0.6 is 11.3 Å². The van der Waals surface area contributed by atoms with Gasteiger partial charge in [0.2, 0.25) is 10.9 Å². The van der Waals surface area contributed by atoms with Gasteiger partial charge in [-0.15, -0.1) is 10.2 Å². The molecule has 2 rings (SSSR count). The fraction of sp³-hybridized carbons (Fsp3) is 0.294. The molecule has 1 aromatic heterocycles. The Labute approximate surface area is 155 Å². The van der Waals surface area contributed by atoms with E-state index in [1.165, 1.54) is 38.7 Å². The van der Waals surface area contributed by atoms with E-state index in [-0.39, 0.29) is 5.57 Å². The summed E-state index contributed by atoms with van der Waals surface area (Å²) >= 11 is 1.26. The highest BCUT2D eigenvalue weighted by molar-refractivity contribution is 7.15. The molecule has 0 aliphatic carbocycles. The number of hydrogen-bond donors (Lipinski definition) is 1. The van der Waals surface area contributed by atoms with E-state index >= 15 is 0 Å². The van der Waals surface area contributed by atoms with Gasteiger partial charge in [0, 0.05) is 5.56 Å². The average molecular weight is 374 g/mol. The lowest BCUT2D eigenvalue weighted by atomic mass is 10.1. The molecule has 26 heavy (non-hydrogen) atoms. The highest BCUT2D eigenvalue weighted by Crippen LogP contribution is 2.40. The second-order valence-corrected chi connectivity index (χ2v) is 5.96. The van der Waals surface area contributed by atoms with Gasteiger partial charge in [-0.1, -0.05) is 18.3 Å². The number of rotatable bonds is 7. The van der Waals surface area contributed by atoms with Gasteiger partial charge in [0.05, 0.1) is 21.3 Å². The van der Waals surface area contributed by atoms with Crippen LogP contribution in [0.5, 0.6) is 17.2 Å². The van der Waals surface area contributed by atoms with Crippen molar-refractivity contribution < 1.29 is 19.0 Å². The molecule has 0 spiro atoms. The van der Waals surface area contributed by atoms with E-state index in [0.29, 0.717) is 27.9 Å². The topological polar surface area (TPSA) is 106 Å². The van der Waals surface area contributed by atoms with Crippen LogP contribution in [0, 0.1) is 11.3 Å². The molecule has 0 saturated carbocycles. The zero-order chi connectivity index (χ0) is 19.1. The van der Waals surface area contributed by atoms with Gasteiger partial charge in [0.15, 0.2) is 11.5 Å². The number of nitrogens with zero attached hydrogens (tertiary/aromatic N) is 3. The normalized spacial score (nSPS) is 10.8. The summed E-state index contributed by atoms with van der Waals surface area (Å²) in [5.41, 5.74) is 0.395. The molecule has 9 heteroatoms. The van der Waals surface area contributed by atoms with Crippen molar-refractivity contribution in [1.29, 1.82) is 5.26 Å². The maximum absolute atomic E-state index is 12.4. The molecule has 0 saturated heterocycles. The number of amides is 1. The van der Waals surface area contributed by atoms with Crippen LogP contribution in [-0.4, -0.2) is 37.4 Å². The third-order valence-corrected chi connectivity index (χ3v) is 4.37. The highest BCUT2D eigenvalue weighted by Gasteiger charge is 2.18. The first kappa shape index (κ1) is 19.2. The SMILES string of the molecule is CCc1nnc(NC(=O)C(C#N)=Cc2ccc(OC)c(OC)c2OC)s1. The zero-order valence-corrected chi connectivity index (χ0v) is 15.6. The monoisotopic (exact) mass is 374 g/mol. The Balaban J connectivity index is 2.36. The second kappa shape index (κ2) is 8.82. The molecule has 0 unspecified atom stereocenters. The molecule has 0 radical (unpaired) electrons. The van der Waals surface area contributed by atoms with Gasteiger partial charge in [-0.3, -0.25) is 10.1 Å². The number of methoxy groups -OCH3 is 3. The van der Waals surface area contributed by atoms with Gasteiger partial charge in [0.1, 0.15) is 16.6 Å². The van der Waals surface area contributed by atoms with Gasteiger partial charge in [0.25, 0.3) is 5.91 Å². The zero-order valence-electron chi connectivity index (χ0n) is 14.8. The first-order chi connectivity index (χ1) is 12.6. The van der Waals surface area contributed by atoms with Crippen molar-refractivity contribution in [2.45, 2.75) is 13.3 Å². The molecule has 0 bridgehead atoms. The number of aryl methyl sites for hydroxylation is 1. The quantitative estimate of drug-likeness (QED) is 0.586. The predicted octanol–water partition coefficient (Wildman–Crippen LogP) is 2.67. The molecular formula is C17H18N4O4S. The molecule has 0 atom stereocenters. The summed E-state index contributed by atoms with van der Waals surface area (Å²) in [5.74, 6) is 0.628. The number of ether oxygens (including phenoxy) is 3. The molecule has 0 fully saturated rings. The smallest absolute Gasteiger partial charge is 0.268 e. The number of carbonyl (C=O) groups excluding carboxylic acids is 1. The summed E-state index contributed by atoms with van der Waals surface area (Å²) in [4.78, 5) is 12.4. The summed E-state index contributed by atoms with van der Waals surface area (Å²) in [6.45, 7) is 1.94. The minimum absolute atomic E-state index is 0.108. The van der Waals surface area contributed by atoms with Crippen molar-refractivity contribution in [1.82, 2.24) is 10.2 Å². The summed E-state index contributed by atoms with van der Waals surface area (Å²) in [7, 11) is 4.45. The van der Waals surface area contributed by atoms with Crippen LogP contribution in [-0.2, 0) is 11.2 Å². The Hall–Kier alpha value is -3.12. The molecule has 1 amide bonds. The van der Waals surface area contributed by atoms with Crippen LogP contribution in [0.25, 0.3) is 6.08 Å². The van der Waals surface area contributed by atoms with Crippen molar-refractivity contribution in [2.24, 2.45) is 0 Å². The summed E-state index contributed by atoms with van der Waals surface area (Å²) in [6, 6.07) is 5.22. The largest absolute Gasteiger partial charge is 0.493 e. The lowest BCUT2D eigenvalue weighted by Crippen LogP contribution is -2.13. The third-order valence-electron chi connectivity index (χ3n) is 3.39. The van der Waals surface area contributed by atoms with Crippen LogP contribution < -0.4 is 19.5 Å². The number of aromatic nitrogens is 2. The van der Waals surface area contributed by atoms with E-state index in [2.05, 4.69) is 15.5 Å². The van der Waals surface area contributed by atoms with Crippen molar-refractivity contribution in [3.8, 4) is 23.3 Å². The standard InChI is InChI=1S/C17H18N4O4S/c1-5-13-20-21-17(26-13)19-16(22)11(9-18)8-10-6-7-12(23-2)15(25-4)14(10)24-3/h6-8H,5H2,1-4H3,(H,19,21,22). The van der Waals surface area contributed by atoms with Crippen molar-refractivity contribution in [2.75, 3.05) is 26.6 Å². The Morgan fingerprint density at radius 2 is 1.96 bits per heavy atom. The average Bonchev–Trinajstić information content (AvgIpc) is 3.12. The number of hydrogen-bond acceptors (Lipinski definition) is 8. The van der Waals surface area contributed by atoms with Gasteiger partial charge >= 0.3 is 0 Å². The molecule has 1 N–H and O–H groups in total. The lowest BCUT2D eigenvalue weighted by molar-refractivity contribution is -0.112. The summed E-state index contributed by atoms with van der Waals surface area (Å²) < 4.78 is 15.9. The summed E-state index contributed by atoms with van der Waals surface area (Å²) in [5, 5.41) is 20.9. The maximum Gasteiger partial charge on any atom is 0.268 e. The van der Waals surface area contributed by atoms with Crippen molar-refractivity contribution in [3.63, 3.8) is 0 Å². The number of carbonyl (C=O) groups is 1. The van der Waals surface area contributed by atoms with Gasteiger partial charge in [-0.2, -0.15) is 5.26 Å². The Kier molecular flexibility index (Phi) is 6.52. The number of nitriles is 1. The van der Waals surface area contributed by atoms with Crippen LogP contribution in [0.2, 0.25) is 0 Å². The van der Waals surface area contributed by atoms with E-state index < -0.39 is 5.91 Å². The molecule has 0 aliphatic rings. The van der Waals surface area contributed by atoms with E-state index in [0.717, 1.165) is 11.4 Å². The minimum atomic E-state index is -0.580. The maximum atomic E-state index is 12.4. The molecular weight excluding hydrogens is 356 g/mol. The van der Waals surface area contributed by atoms with E-state index in [9.17, 15) is 10.1 Å². The Bertz CT molecular complexity index is 870. The van der Waals surface area contributed by atoms with Gasteiger partial charge < -0.3 is 14.2 Å². The van der Waals surface area contributed by atoms with E-state index in [1.807, 2.05) is 13.0 Å². The Morgan fingerprint density at radius 3 is 2.50 bits per heavy atom. The molecule has 8 nitrogen and oxygen atoms in total. The molecule has 2 aromatic rings. The van der Waals surface area contributed by atoms with Gasteiger partial charge in [-0.25, -0.2) is 0 Å². The number of nitrogens with one attached hydrogen (secondary N) is 1. The fourth-order valence-electron chi connectivity index (χ4n) is 2.15. The minimum Gasteiger partial charge on any atom is -0.493 e. The first-order valence-corrected chi connectivity index (χ1v) is 8.44. The summed E-state index contributed by atoms with van der Waals surface area (Å²) in [6.07, 6.45) is 2.13. The molecule has 1 aromatic carbocycles. The van der Waals surface area contributed by atoms with Crippen LogP contribution in [0.3, 0.4) is 0 Å². The predicted molar refractivity (Wildman–Crippen MR) is 97.6 cm³/mol. The first-order valence-electron chi connectivity index (χ1n) is 7.62. The van der Waals surface area contributed by atoms with Gasteiger partial charge in [-0.05, 0) is 24.6 Å². The lowest BCUT2D eigenvalue weighted by Gasteiger charge is -2.14.